The molecule has 0 radical (unpaired) electrons. The molecule has 1 N–H and O–H groups in total. The number of hydrogen-bond acceptors (Lipinski definition) is 2. The maximum Gasteiger partial charge on any atom is 0.0762 e. The van der Waals surface area contributed by atoms with E-state index in [1.54, 1.807) is 0 Å². The van der Waals surface area contributed by atoms with E-state index in [1.165, 1.54) is 12.8 Å². The first kappa shape index (κ1) is 12.2. The smallest absolute Gasteiger partial charge is 0.0762 e. The van der Waals surface area contributed by atoms with Crippen LogP contribution >= 0.6 is 0 Å². The van der Waals surface area contributed by atoms with E-state index >= 15 is 0 Å². The summed E-state index contributed by atoms with van der Waals surface area (Å²) in [5, 5.41) is 7.72. The molecule has 0 atom stereocenters. The van der Waals surface area contributed by atoms with Crippen molar-refractivity contribution in [2.45, 2.75) is 40.2 Å². The lowest BCUT2D eigenvalue weighted by Gasteiger charge is -2.17. The minimum atomic E-state index is 0.451. The van der Waals surface area contributed by atoms with Gasteiger partial charge in [0.2, 0.25) is 0 Å². The highest BCUT2D eigenvalue weighted by molar-refractivity contribution is 4.97. The largest absolute Gasteiger partial charge is 0.311 e. The van der Waals surface area contributed by atoms with Crippen molar-refractivity contribution in [2.24, 2.45) is 12.5 Å². The summed E-state index contributed by atoms with van der Waals surface area (Å²) in [5.41, 5.74) is 1.57. The van der Waals surface area contributed by atoms with E-state index in [4.69, 9.17) is 0 Å². The Balaban J connectivity index is 2.07. The van der Waals surface area contributed by atoms with Gasteiger partial charge in [0.1, 0.15) is 0 Å². The summed E-state index contributed by atoms with van der Waals surface area (Å²) in [6.45, 7) is 8.81. The summed E-state index contributed by atoms with van der Waals surface area (Å²) >= 11 is 0. The third kappa shape index (κ3) is 5.57. The Morgan fingerprint density at radius 1 is 1.40 bits per heavy atom. The summed E-state index contributed by atoms with van der Waals surface area (Å²) in [5.74, 6) is 0. The van der Waals surface area contributed by atoms with E-state index in [0.29, 0.717) is 5.41 Å². The summed E-state index contributed by atoms with van der Waals surface area (Å²) in [7, 11) is 1.95. The average molecular weight is 209 g/mol. The van der Waals surface area contributed by atoms with E-state index < -0.39 is 0 Å². The molecular weight excluding hydrogens is 186 g/mol. The van der Waals surface area contributed by atoms with Crippen LogP contribution in [-0.2, 0) is 13.6 Å². The standard InChI is InChI=1S/C12H23N3/c1-12(2,3)7-5-8-13-10-11-6-9-15(4)14-11/h6,9,13H,5,7-8,10H2,1-4H3. The molecule has 0 saturated carbocycles. The van der Waals surface area contributed by atoms with Gasteiger partial charge in [0.05, 0.1) is 5.69 Å². The van der Waals surface area contributed by atoms with Crippen LogP contribution in [0.2, 0.25) is 0 Å². The van der Waals surface area contributed by atoms with Gasteiger partial charge in [0.15, 0.2) is 0 Å². The first-order chi connectivity index (χ1) is 6.97. The van der Waals surface area contributed by atoms with Gasteiger partial charge in [-0.05, 0) is 30.9 Å². The molecular formula is C12H23N3. The molecule has 0 saturated heterocycles. The van der Waals surface area contributed by atoms with E-state index in [1.807, 2.05) is 17.9 Å². The number of nitrogens with zero attached hydrogens (tertiary/aromatic N) is 2. The summed E-state index contributed by atoms with van der Waals surface area (Å²) < 4.78 is 1.84. The molecule has 0 amide bonds. The molecule has 1 rings (SSSR count). The van der Waals surface area contributed by atoms with E-state index in [9.17, 15) is 0 Å². The van der Waals surface area contributed by atoms with Gasteiger partial charge in [-0.1, -0.05) is 20.8 Å². The number of nitrogens with one attached hydrogen (secondary N) is 1. The number of rotatable bonds is 5. The van der Waals surface area contributed by atoms with Crippen LogP contribution in [-0.4, -0.2) is 16.3 Å². The molecule has 0 aliphatic rings. The molecule has 0 unspecified atom stereocenters. The highest BCUT2D eigenvalue weighted by Gasteiger charge is 2.08. The highest BCUT2D eigenvalue weighted by atomic mass is 15.3. The fourth-order valence-corrected chi connectivity index (χ4v) is 1.52. The predicted octanol–water partition coefficient (Wildman–Crippen LogP) is 2.34. The zero-order valence-electron chi connectivity index (χ0n) is 10.4. The molecule has 0 aliphatic heterocycles. The Labute approximate surface area is 92.9 Å². The van der Waals surface area contributed by atoms with Gasteiger partial charge >= 0.3 is 0 Å². The van der Waals surface area contributed by atoms with Crippen LogP contribution in [0.3, 0.4) is 0 Å². The zero-order chi connectivity index (χ0) is 11.3. The van der Waals surface area contributed by atoms with Crippen LogP contribution in [0, 0.1) is 5.41 Å². The SMILES string of the molecule is Cn1ccc(CNCCCC(C)(C)C)n1. The molecule has 0 fully saturated rings. The summed E-state index contributed by atoms with van der Waals surface area (Å²) in [6, 6.07) is 2.05. The number of hydrogen-bond donors (Lipinski definition) is 1. The molecule has 0 aliphatic carbocycles. The lowest BCUT2D eigenvalue weighted by atomic mass is 9.91. The molecule has 86 valence electrons. The highest BCUT2D eigenvalue weighted by Crippen LogP contribution is 2.19. The number of aromatic nitrogens is 2. The molecule has 0 spiro atoms. The van der Waals surface area contributed by atoms with Gasteiger partial charge in [0, 0.05) is 19.8 Å². The molecule has 0 aromatic carbocycles. The summed E-state index contributed by atoms with van der Waals surface area (Å²) in [6.07, 6.45) is 4.48. The molecule has 3 heteroatoms. The lowest BCUT2D eigenvalue weighted by Crippen LogP contribution is -2.17. The van der Waals surface area contributed by atoms with Crippen molar-refractivity contribution < 1.29 is 0 Å². The van der Waals surface area contributed by atoms with Crippen molar-refractivity contribution in [1.82, 2.24) is 15.1 Å². The van der Waals surface area contributed by atoms with Crippen LogP contribution in [0.1, 0.15) is 39.3 Å². The second-order valence-corrected chi connectivity index (χ2v) is 5.32. The fourth-order valence-electron chi connectivity index (χ4n) is 1.52. The lowest BCUT2D eigenvalue weighted by molar-refractivity contribution is 0.360. The van der Waals surface area contributed by atoms with Crippen molar-refractivity contribution in [3.63, 3.8) is 0 Å². The Morgan fingerprint density at radius 3 is 2.67 bits per heavy atom. The van der Waals surface area contributed by atoms with Gasteiger partial charge in [-0.15, -0.1) is 0 Å². The van der Waals surface area contributed by atoms with E-state index in [-0.39, 0.29) is 0 Å². The Bertz CT molecular complexity index is 283. The van der Waals surface area contributed by atoms with Gasteiger partial charge in [0.25, 0.3) is 0 Å². The minimum Gasteiger partial charge on any atom is -0.311 e. The topological polar surface area (TPSA) is 29.9 Å². The van der Waals surface area contributed by atoms with Crippen molar-refractivity contribution >= 4 is 0 Å². The number of aryl methyl sites for hydroxylation is 1. The maximum absolute atomic E-state index is 4.31. The molecule has 15 heavy (non-hydrogen) atoms. The minimum absolute atomic E-state index is 0.451. The maximum atomic E-state index is 4.31. The van der Waals surface area contributed by atoms with E-state index in [2.05, 4.69) is 37.3 Å². The van der Waals surface area contributed by atoms with Gasteiger partial charge < -0.3 is 5.32 Å². The molecule has 3 nitrogen and oxygen atoms in total. The Hall–Kier alpha value is -0.830. The van der Waals surface area contributed by atoms with Crippen LogP contribution in [0.4, 0.5) is 0 Å². The average Bonchev–Trinajstić information content (AvgIpc) is 2.49. The predicted molar refractivity (Wildman–Crippen MR) is 63.6 cm³/mol. The third-order valence-corrected chi connectivity index (χ3v) is 2.36. The van der Waals surface area contributed by atoms with Crippen LogP contribution < -0.4 is 5.32 Å². The van der Waals surface area contributed by atoms with Gasteiger partial charge in [-0.3, -0.25) is 4.68 Å². The second-order valence-electron chi connectivity index (χ2n) is 5.32. The van der Waals surface area contributed by atoms with Crippen LogP contribution in [0.25, 0.3) is 0 Å². The van der Waals surface area contributed by atoms with Gasteiger partial charge in [-0.25, -0.2) is 0 Å². The van der Waals surface area contributed by atoms with Crippen LogP contribution in [0.15, 0.2) is 12.3 Å². The Morgan fingerprint density at radius 2 is 2.13 bits per heavy atom. The second kappa shape index (κ2) is 5.31. The van der Waals surface area contributed by atoms with Crippen molar-refractivity contribution in [3.05, 3.63) is 18.0 Å². The monoisotopic (exact) mass is 209 g/mol. The van der Waals surface area contributed by atoms with E-state index in [0.717, 1.165) is 18.8 Å². The summed E-state index contributed by atoms with van der Waals surface area (Å²) in [4.78, 5) is 0. The third-order valence-electron chi connectivity index (χ3n) is 2.36. The molecule has 1 aromatic rings. The van der Waals surface area contributed by atoms with Crippen molar-refractivity contribution in [1.29, 1.82) is 0 Å². The molecule has 0 bridgehead atoms. The first-order valence-electron chi connectivity index (χ1n) is 5.67. The molecule has 1 heterocycles. The van der Waals surface area contributed by atoms with Crippen molar-refractivity contribution in [3.8, 4) is 0 Å². The zero-order valence-corrected chi connectivity index (χ0v) is 10.4. The van der Waals surface area contributed by atoms with Crippen molar-refractivity contribution in [2.75, 3.05) is 6.54 Å². The Kier molecular flexibility index (Phi) is 4.33. The quantitative estimate of drug-likeness (QED) is 0.754. The first-order valence-corrected chi connectivity index (χ1v) is 5.67. The van der Waals surface area contributed by atoms with Crippen LogP contribution in [0.5, 0.6) is 0 Å². The molecule has 1 aromatic heterocycles. The fraction of sp³-hybridized carbons (Fsp3) is 0.750. The normalized spacial score (nSPS) is 12.0. The van der Waals surface area contributed by atoms with Gasteiger partial charge in [-0.2, -0.15) is 5.10 Å².